The average molecular weight is 247 g/mol. The number of ether oxygens (including phenoxy) is 1. The van der Waals surface area contributed by atoms with E-state index in [1.165, 1.54) is 7.11 Å². The minimum atomic E-state index is -0.415. The summed E-state index contributed by atoms with van der Waals surface area (Å²) in [5.41, 5.74) is 1.13. The van der Waals surface area contributed by atoms with Crippen LogP contribution in [0.1, 0.15) is 23.2 Å². The third-order valence-corrected chi connectivity index (χ3v) is 2.86. The topological polar surface area (TPSA) is 63.7 Å². The number of hydrogen-bond acceptors (Lipinski definition) is 4. The highest BCUT2D eigenvalue weighted by Crippen LogP contribution is 2.20. The summed E-state index contributed by atoms with van der Waals surface area (Å²) in [6.45, 7) is 0.398. The minimum absolute atomic E-state index is 0.0255. The van der Waals surface area contributed by atoms with Gasteiger partial charge in [-0.1, -0.05) is 0 Å². The lowest BCUT2D eigenvalue weighted by molar-refractivity contribution is -0.128. The number of benzene rings is 1. The van der Waals surface area contributed by atoms with E-state index in [9.17, 15) is 14.4 Å². The highest BCUT2D eigenvalue weighted by molar-refractivity contribution is 6.08. The maximum absolute atomic E-state index is 11.7. The Morgan fingerprint density at radius 3 is 2.44 bits per heavy atom. The van der Waals surface area contributed by atoms with Crippen molar-refractivity contribution in [2.24, 2.45) is 0 Å². The van der Waals surface area contributed by atoms with Gasteiger partial charge < -0.3 is 9.64 Å². The van der Waals surface area contributed by atoms with Crippen LogP contribution in [-0.4, -0.2) is 31.3 Å². The molecular weight excluding hydrogens is 234 g/mol. The van der Waals surface area contributed by atoms with Crippen LogP contribution < -0.4 is 4.90 Å². The molecule has 0 radical (unpaired) electrons. The van der Waals surface area contributed by atoms with Crippen molar-refractivity contribution in [1.82, 2.24) is 0 Å². The normalized spacial score (nSPS) is 15.7. The van der Waals surface area contributed by atoms with Gasteiger partial charge in [0, 0.05) is 18.7 Å². The Morgan fingerprint density at radius 2 is 1.89 bits per heavy atom. The smallest absolute Gasteiger partial charge is 0.337 e. The number of esters is 1. The van der Waals surface area contributed by atoms with Crippen LogP contribution in [0.3, 0.4) is 0 Å². The lowest BCUT2D eigenvalue weighted by Gasteiger charge is -2.26. The first kappa shape index (κ1) is 12.3. The second-order valence-corrected chi connectivity index (χ2v) is 4.05. The molecule has 1 amide bonds. The van der Waals surface area contributed by atoms with Crippen LogP contribution in [0.25, 0.3) is 0 Å². The molecule has 1 aromatic rings. The number of amides is 1. The molecule has 1 aromatic carbocycles. The fraction of sp³-hybridized carbons (Fsp3) is 0.308. The van der Waals surface area contributed by atoms with Gasteiger partial charge in [-0.3, -0.25) is 9.59 Å². The summed E-state index contributed by atoms with van der Waals surface area (Å²) in [5, 5.41) is 0. The van der Waals surface area contributed by atoms with Crippen molar-refractivity contribution in [3.05, 3.63) is 29.8 Å². The number of anilines is 1. The average Bonchev–Trinajstić information content (AvgIpc) is 2.38. The van der Waals surface area contributed by atoms with Gasteiger partial charge in [0.15, 0.2) is 0 Å². The zero-order valence-corrected chi connectivity index (χ0v) is 10.0. The molecule has 2 rings (SSSR count). The van der Waals surface area contributed by atoms with Crippen LogP contribution in [0.2, 0.25) is 0 Å². The molecule has 0 bridgehead atoms. The number of methoxy groups -OCH3 is 1. The van der Waals surface area contributed by atoms with Crippen LogP contribution in [0, 0.1) is 0 Å². The summed E-state index contributed by atoms with van der Waals surface area (Å²) in [6, 6.07) is 6.57. The number of carbonyl (C=O) groups is 3. The number of Topliss-reactive ketones (excluding diaryl/α,β-unsaturated/α-hetero) is 1. The lowest BCUT2D eigenvalue weighted by atomic mass is 10.1. The van der Waals surface area contributed by atoms with E-state index >= 15 is 0 Å². The number of carbonyl (C=O) groups excluding carboxylic acids is 3. The zero-order chi connectivity index (χ0) is 13.1. The van der Waals surface area contributed by atoms with Gasteiger partial charge in [-0.05, 0) is 24.3 Å². The SMILES string of the molecule is COC(=O)c1ccc(N2CCC(=O)CC2=O)cc1. The summed E-state index contributed by atoms with van der Waals surface area (Å²) >= 11 is 0. The van der Waals surface area contributed by atoms with Gasteiger partial charge in [-0.2, -0.15) is 0 Å². The maximum Gasteiger partial charge on any atom is 0.337 e. The first-order valence-corrected chi connectivity index (χ1v) is 5.62. The van der Waals surface area contributed by atoms with Gasteiger partial charge in [0.1, 0.15) is 5.78 Å². The molecule has 1 fully saturated rings. The van der Waals surface area contributed by atoms with Crippen LogP contribution in [0.4, 0.5) is 5.69 Å². The van der Waals surface area contributed by atoms with Crippen molar-refractivity contribution in [3.63, 3.8) is 0 Å². The maximum atomic E-state index is 11.7. The molecule has 1 aliphatic heterocycles. The van der Waals surface area contributed by atoms with Gasteiger partial charge >= 0.3 is 5.97 Å². The number of hydrogen-bond donors (Lipinski definition) is 0. The monoisotopic (exact) mass is 247 g/mol. The highest BCUT2D eigenvalue weighted by Gasteiger charge is 2.24. The standard InChI is InChI=1S/C13H13NO4/c1-18-13(17)9-2-4-10(5-3-9)14-7-6-11(15)8-12(14)16/h2-5H,6-8H2,1H3. The van der Waals surface area contributed by atoms with E-state index < -0.39 is 5.97 Å². The van der Waals surface area contributed by atoms with Crippen molar-refractivity contribution < 1.29 is 19.1 Å². The fourth-order valence-corrected chi connectivity index (χ4v) is 1.88. The van der Waals surface area contributed by atoms with Gasteiger partial charge in [0.2, 0.25) is 5.91 Å². The Morgan fingerprint density at radius 1 is 1.22 bits per heavy atom. The molecular formula is C13H13NO4. The minimum Gasteiger partial charge on any atom is -0.465 e. The predicted octanol–water partition coefficient (Wildman–Crippen LogP) is 1.17. The summed E-state index contributed by atoms with van der Waals surface area (Å²) in [6.07, 6.45) is 0.337. The largest absolute Gasteiger partial charge is 0.465 e. The van der Waals surface area contributed by atoms with E-state index in [4.69, 9.17) is 0 Å². The molecule has 5 heteroatoms. The van der Waals surface area contributed by atoms with Crippen LogP contribution >= 0.6 is 0 Å². The third-order valence-electron chi connectivity index (χ3n) is 2.86. The molecule has 0 atom stereocenters. The summed E-state index contributed by atoms with van der Waals surface area (Å²) < 4.78 is 4.59. The van der Waals surface area contributed by atoms with E-state index in [1.807, 2.05) is 0 Å². The Hall–Kier alpha value is -2.17. The number of rotatable bonds is 2. The van der Waals surface area contributed by atoms with Gasteiger partial charge in [-0.15, -0.1) is 0 Å². The Balaban J connectivity index is 2.17. The predicted molar refractivity (Wildman–Crippen MR) is 64.4 cm³/mol. The zero-order valence-electron chi connectivity index (χ0n) is 10.0. The summed E-state index contributed by atoms with van der Waals surface area (Å²) in [7, 11) is 1.32. The molecule has 0 unspecified atom stereocenters. The van der Waals surface area contributed by atoms with Crippen molar-refractivity contribution >= 4 is 23.3 Å². The summed E-state index contributed by atoms with van der Waals surface area (Å²) in [4.78, 5) is 35.6. The molecule has 1 aliphatic rings. The molecule has 0 aromatic heterocycles. The van der Waals surface area contributed by atoms with Crippen LogP contribution in [0.15, 0.2) is 24.3 Å². The Bertz CT molecular complexity index is 492. The van der Waals surface area contributed by atoms with Gasteiger partial charge in [0.25, 0.3) is 0 Å². The molecule has 0 spiro atoms. The number of ketones is 1. The molecule has 5 nitrogen and oxygen atoms in total. The molecule has 0 aliphatic carbocycles. The van der Waals surface area contributed by atoms with E-state index in [2.05, 4.69) is 4.74 Å². The molecule has 1 heterocycles. The van der Waals surface area contributed by atoms with E-state index in [-0.39, 0.29) is 18.1 Å². The second-order valence-electron chi connectivity index (χ2n) is 4.05. The van der Waals surface area contributed by atoms with Gasteiger partial charge in [0.05, 0.1) is 19.1 Å². The fourth-order valence-electron chi connectivity index (χ4n) is 1.88. The molecule has 0 N–H and O–H groups in total. The van der Waals surface area contributed by atoms with Crippen molar-refractivity contribution in [2.75, 3.05) is 18.6 Å². The number of nitrogens with zero attached hydrogens (tertiary/aromatic N) is 1. The summed E-state index contributed by atoms with van der Waals surface area (Å²) in [5.74, 6) is -0.638. The first-order chi connectivity index (χ1) is 8.61. The second kappa shape index (κ2) is 5.00. The van der Waals surface area contributed by atoms with E-state index in [0.717, 1.165) is 0 Å². The first-order valence-electron chi connectivity index (χ1n) is 5.62. The van der Waals surface area contributed by atoms with Crippen molar-refractivity contribution in [2.45, 2.75) is 12.8 Å². The Labute approximate surface area is 104 Å². The van der Waals surface area contributed by atoms with Gasteiger partial charge in [-0.25, -0.2) is 4.79 Å². The van der Waals surface area contributed by atoms with Crippen molar-refractivity contribution in [1.29, 1.82) is 0 Å². The van der Waals surface area contributed by atoms with Crippen LogP contribution in [-0.2, 0) is 14.3 Å². The van der Waals surface area contributed by atoms with E-state index in [0.29, 0.717) is 24.2 Å². The van der Waals surface area contributed by atoms with Crippen LogP contribution in [0.5, 0.6) is 0 Å². The Kier molecular flexibility index (Phi) is 3.41. The molecule has 18 heavy (non-hydrogen) atoms. The third kappa shape index (κ3) is 2.40. The highest BCUT2D eigenvalue weighted by atomic mass is 16.5. The van der Waals surface area contributed by atoms with E-state index in [1.54, 1.807) is 29.2 Å². The molecule has 94 valence electrons. The lowest BCUT2D eigenvalue weighted by Crippen LogP contribution is -2.39. The quantitative estimate of drug-likeness (QED) is 0.581. The number of piperidine rings is 1. The van der Waals surface area contributed by atoms with Crippen molar-refractivity contribution in [3.8, 4) is 0 Å². The molecule has 0 saturated carbocycles. The molecule has 1 saturated heterocycles.